The molecule has 1 fully saturated rings. The molecule has 1 amide bonds. The molecule has 4 nitrogen and oxygen atoms in total. The van der Waals surface area contributed by atoms with Gasteiger partial charge >= 0.3 is 0 Å². The summed E-state index contributed by atoms with van der Waals surface area (Å²) in [4.78, 5) is 15.6. The monoisotopic (exact) mass is 226 g/mol. The summed E-state index contributed by atoms with van der Waals surface area (Å²) in [6, 6.07) is 5.09. The van der Waals surface area contributed by atoms with E-state index in [0.29, 0.717) is 17.6 Å². The summed E-state index contributed by atoms with van der Waals surface area (Å²) in [7, 11) is 0. The number of anilines is 1. The van der Waals surface area contributed by atoms with Crippen molar-refractivity contribution in [3.8, 4) is 0 Å². The predicted octanol–water partition coefficient (Wildman–Crippen LogP) is 1.85. The Hall–Kier alpha value is -1.13. The lowest BCUT2D eigenvalue weighted by molar-refractivity contribution is -0.124. The van der Waals surface area contributed by atoms with Crippen LogP contribution < -0.4 is 5.32 Å². The van der Waals surface area contributed by atoms with Gasteiger partial charge in [-0.2, -0.15) is 0 Å². The van der Waals surface area contributed by atoms with Gasteiger partial charge < -0.3 is 10.1 Å². The van der Waals surface area contributed by atoms with Crippen LogP contribution in [0.5, 0.6) is 0 Å². The molecule has 2 rings (SSSR count). The third-order valence-electron chi connectivity index (χ3n) is 2.19. The van der Waals surface area contributed by atoms with E-state index in [1.54, 1.807) is 18.2 Å². The van der Waals surface area contributed by atoms with E-state index in [2.05, 4.69) is 10.3 Å². The molecule has 15 heavy (non-hydrogen) atoms. The second-order valence-corrected chi connectivity index (χ2v) is 3.72. The van der Waals surface area contributed by atoms with Crippen LogP contribution in [-0.4, -0.2) is 23.6 Å². The van der Waals surface area contributed by atoms with Crippen LogP contribution in [0.1, 0.15) is 12.8 Å². The second-order valence-electron chi connectivity index (χ2n) is 3.34. The molecule has 0 radical (unpaired) electrons. The Morgan fingerprint density at radius 2 is 2.47 bits per heavy atom. The van der Waals surface area contributed by atoms with Crippen molar-refractivity contribution in [3.63, 3.8) is 0 Å². The Labute approximate surface area is 92.6 Å². The van der Waals surface area contributed by atoms with E-state index < -0.39 is 0 Å². The van der Waals surface area contributed by atoms with Crippen LogP contribution in [0.15, 0.2) is 18.2 Å². The largest absolute Gasteiger partial charge is 0.368 e. The summed E-state index contributed by atoms with van der Waals surface area (Å²) in [5, 5.41) is 3.03. The van der Waals surface area contributed by atoms with E-state index in [1.807, 2.05) is 0 Å². The summed E-state index contributed by atoms with van der Waals surface area (Å²) >= 11 is 5.69. The molecule has 0 saturated carbocycles. The molecule has 1 unspecified atom stereocenters. The van der Waals surface area contributed by atoms with Crippen LogP contribution in [0.3, 0.4) is 0 Å². The number of ether oxygens (including phenoxy) is 1. The molecule has 1 aromatic rings. The predicted molar refractivity (Wildman–Crippen MR) is 56.9 cm³/mol. The molecule has 1 N–H and O–H groups in total. The van der Waals surface area contributed by atoms with Gasteiger partial charge in [-0.25, -0.2) is 4.98 Å². The highest BCUT2D eigenvalue weighted by molar-refractivity contribution is 6.29. The van der Waals surface area contributed by atoms with Crippen LogP contribution in [-0.2, 0) is 9.53 Å². The van der Waals surface area contributed by atoms with E-state index in [4.69, 9.17) is 16.3 Å². The average molecular weight is 227 g/mol. The van der Waals surface area contributed by atoms with Gasteiger partial charge in [0.25, 0.3) is 5.91 Å². The van der Waals surface area contributed by atoms with E-state index in [9.17, 15) is 4.79 Å². The van der Waals surface area contributed by atoms with Gasteiger partial charge in [-0.3, -0.25) is 4.79 Å². The van der Waals surface area contributed by atoms with Crippen molar-refractivity contribution in [2.75, 3.05) is 11.9 Å². The highest BCUT2D eigenvalue weighted by atomic mass is 35.5. The zero-order valence-corrected chi connectivity index (χ0v) is 8.83. The van der Waals surface area contributed by atoms with E-state index >= 15 is 0 Å². The van der Waals surface area contributed by atoms with Crippen LogP contribution in [0.25, 0.3) is 0 Å². The van der Waals surface area contributed by atoms with Gasteiger partial charge in [0, 0.05) is 6.61 Å². The third kappa shape index (κ3) is 2.67. The van der Waals surface area contributed by atoms with Gasteiger partial charge in [0.05, 0.1) is 0 Å². The molecule has 2 heterocycles. The van der Waals surface area contributed by atoms with Crippen molar-refractivity contribution in [2.45, 2.75) is 18.9 Å². The standard InChI is InChI=1S/C10H11ClN2O2/c11-8-4-1-5-9(12-8)13-10(14)7-3-2-6-15-7/h1,4-5,7H,2-3,6H2,(H,12,13,14). The van der Waals surface area contributed by atoms with Gasteiger partial charge in [0.1, 0.15) is 17.1 Å². The fourth-order valence-corrected chi connectivity index (χ4v) is 1.63. The molecule has 1 atom stereocenters. The number of carbonyl (C=O) groups excluding carboxylic acids is 1. The topological polar surface area (TPSA) is 51.2 Å². The Kier molecular flexibility index (Phi) is 3.18. The van der Waals surface area contributed by atoms with E-state index in [1.165, 1.54) is 0 Å². The summed E-state index contributed by atoms with van der Waals surface area (Å²) in [6.45, 7) is 0.654. The minimum Gasteiger partial charge on any atom is -0.368 e. The van der Waals surface area contributed by atoms with Crippen molar-refractivity contribution in [1.82, 2.24) is 4.98 Å². The van der Waals surface area contributed by atoms with Gasteiger partial charge in [-0.1, -0.05) is 17.7 Å². The molecule has 1 saturated heterocycles. The Morgan fingerprint density at radius 3 is 3.13 bits per heavy atom. The van der Waals surface area contributed by atoms with Crippen molar-refractivity contribution in [2.24, 2.45) is 0 Å². The maximum absolute atomic E-state index is 11.6. The number of carbonyl (C=O) groups is 1. The number of nitrogens with one attached hydrogen (secondary N) is 1. The summed E-state index contributed by atoms with van der Waals surface area (Å²) in [5.74, 6) is 0.310. The summed E-state index contributed by atoms with van der Waals surface area (Å²) < 4.78 is 5.24. The lowest BCUT2D eigenvalue weighted by atomic mass is 10.2. The molecular weight excluding hydrogens is 216 g/mol. The first kappa shape index (κ1) is 10.4. The van der Waals surface area contributed by atoms with Crippen molar-refractivity contribution in [3.05, 3.63) is 23.4 Å². The smallest absolute Gasteiger partial charge is 0.254 e. The first-order chi connectivity index (χ1) is 7.25. The maximum Gasteiger partial charge on any atom is 0.254 e. The number of nitrogens with zero attached hydrogens (tertiary/aromatic N) is 1. The normalized spacial score (nSPS) is 20.2. The quantitative estimate of drug-likeness (QED) is 0.783. The number of hydrogen-bond acceptors (Lipinski definition) is 3. The van der Waals surface area contributed by atoms with Crippen molar-refractivity contribution < 1.29 is 9.53 Å². The van der Waals surface area contributed by atoms with Crippen LogP contribution in [0, 0.1) is 0 Å². The first-order valence-corrected chi connectivity index (χ1v) is 5.18. The Balaban J connectivity index is 1.99. The van der Waals surface area contributed by atoms with Crippen LogP contribution >= 0.6 is 11.6 Å². The molecule has 5 heteroatoms. The zero-order chi connectivity index (χ0) is 10.7. The summed E-state index contributed by atoms with van der Waals surface area (Å²) in [6.07, 6.45) is 1.36. The summed E-state index contributed by atoms with van der Waals surface area (Å²) in [5.41, 5.74) is 0. The van der Waals surface area contributed by atoms with E-state index in [-0.39, 0.29) is 12.0 Å². The number of hydrogen-bond donors (Lipinski definition) is 1. The lowest BCUT2D eigenvalue weighted by Gasteiger charge is -2.09. The van der Waals surface area contributed by atoms with Crippen LogP contribution in [0.2, 0.25) is 5.15 Å². The van der Waals surface area contributed by atoms with E-state index in [0.717, 1.165) is 12.8 Å². The lowest BCUT2D eigenvalue weighted by Crippen LogP contribution is -2.27. The maximum atomic E-state index is 11.6. The minimum absolute atomic E-state index is 0.151. The third-order valence-corrected chi connectivity index (χ3v) is 2.40. The van der Waals surface area contributed by atoms with Crippen molar-refractivity contribution >= 4 is 23.3 Å². The number of rotatable bonds is 2. The Bertz CT molecular complexity index is 364. The van der Waals surface area contributed by atoms with Gasteiger partial charge in [0.15, 0.2) is 0 Å². The Morgan fingerprint density at radius 1 is 1.60 bits per heavy atom. The highest BCUT2D eigenvalue weighted by Gasteiger charge is 2.23. The fraction of sp³-hybridized carbons (Fsp3) is 0.400. The number of pyridine rings is 1. The minimum atomic E-state index is -0.342. The average Bonchev–Trinajstić information content (AvgIpc) is 2.70. The molecule has 1 aliphatic heterocycles. The van der Waals surface area contributed by atoms with Crippen LogP contribution in [0.4, 0.5) is 5.82 Å². The van der Waals surface area contributed by atoms with Gasteiger partial charge in [-0.15, -0.1) is 0 Å². The molecule has 0 spiro atoms. The van der Waals surface area contributed by atoms with Gasteiger partial charge in [-0.05, 0) is 25.0 Å². The number of halogens is 1. The molecule has 1 aromatic heterocycles. The number of aromatic nitrogens is 1. The molecule has 0 bridgehead atoms. The molecule has 0 aliphatic carbocycles. The van der Waals surface area contributed by atoms with Gasteiger partial charge in [0.2, 0.25) is 0 Å². The fourth-order valence-electron chi connectivity index (χ4n) is 1.47. The number of amides is 1. The zero-order valence-electron chi connectivity index (χ0n) is 8.07. The first-order valence-electron chi connectivity index (χ1n) is 4.81. The second kappa shape index (κ2) is 4.59. The van der Waals surface area contributed by atoms with Crippen molar-refractivity contribution in [1.29, 1.82) is 0 Å². The highest BCUT2D eigenvalue weighted by Crippen LogP contribution is 2.15. The molecular formula is C10H11ClN2O2. The SMILES string of the molecule is O=C(Nc1cccc(Cl)n1)C1CCCO1. The molecule has 0 aromatic carbocycles. The molecule has 80 valence electrons. The molecule has 1 aliphatic rings.